The molecule has 0 spiro atoms. The number of hydrogen-bond acceptors (Lipinski definition) is 6. The summed E-state index contributed by atoms with van der Waals surface area (Å²) < 4.78 is 15.8. The van der Waals surface area contributed by atoms with E-state index in [1.807, 2.05) is 13.8 Å². The van der Waals surface area contributed by atoms with Crippen molar-refractivity contribution in [3.05, 3.63) is 58.1 Å². The Morgan fingerprint density at radius 1 is 0.968 bits per heavy atom. The molecule has 2 aromatic rings. The molecule has 0 fully saturated rings. The molecule has 3 N–H and O–H groups in total. The summed E-state index contributed by atoms with van der Waals surface area (Å²) in [6, 6.07) is 10.0. The van der Waals surface area contributed by atoms with E-state index in [9.17, 15) is 9.59 Å². The Bertz CT molecular complexity index is 914. The number of ether oxygens (including phenoxy) is 3. The Kier molecular flexibility index (Phi) is 9.51. The molecule has 0 saturated carbocycles. The number of halogens is 1. The first kappa shape index (κ1) is 24.4. The highest BCUT2D eigenvalue weighted by molar-refractivity contribution is 7.80. The lowest BCUT2D eigenvalue weighted by Crippen LogP contribution is -2.49. The van der Waals surface area contributed by atoms with Gasteiger partial charge in [0.15, 0.2) is 11.7 Å². The van der Waals surface area contributed by atoms with Crippen LogP contribution in [0, 0.1) is 13.8 Å². The van der Waals surface area contributed by atoms with Crippen LogP contribution in [0.4, 0.5) is 0 Å². The second kappa shape index (κ2) is 12.1. The van der Waals surface area contributed by atoms with Gasteiger partial charge in [0.25, 0.3) is 11.8 Å². The summed E-state index contributed by atoms with van der Waals surface area (Å²) in [5.74, 6) is 0.241. The average Bonchev–Trinajstić information content (AvgIpc) is 2.75. The number of hydrazine groups is 1. The minimum atomic E-state index is -0.473. The van der Waals surface area contributed by atoms with E-state index in [2.05, 4.69) is 16.2 Å². The normalized spacial score (nSPS) is 10.2. The molecule has 0 atom stereocenters. The summed E-state index contributed by atoms with van der Waals surface area (Å²) in [4.78, 5) is 24.2. The van der Waals surface area contributed by atoms with Crippen LogP contribution in [0.3, 0.4) is 0 Å². The molecule has 2 rings (SSSR count). The van der Waals surface area contributed by atoms with Gasteiger partial charge in [-0.1, -0.05) is 11.6 Å². The van der Waals surface area contributed by atoms with Gasteiger partial charge in [0.2, 0.25) is 0 Å². The van der Waals surface area contributed by atoms with Crippen LogP contribution in [0.15, 0.2) is 36.4 Å². The van der Waals surface area contributed by atoms with Crippen molar-refractivity contribution in [1.29, 1.82) is 0 Å². The molecule has 0 bridgehead atoms. The minimum absolute atomic E-state index is 0.0584. The van der Waals surface area contributed by atoms with E-state index in [1.54, 1.807) is 43.5 Å². The fourth-order valence-corrected chi connectivity index (χ4v) is 2.71. The number of carbonyl (C=O) groups is 2. The SMILES string of the molecule is COCCOc1ccc(C(=O)NC(=S)NNC(=O)COc2cc(C)c(Cl)c(C)c2)cc1. The van der Waals surface area contributed by atoms with E-state index in [1.165, 1.54) is 0 Å². The number of hydrogen-bond donors (Lipinski definition) is 3. The number of methoxy groups -OCH3 is 1. The van der Waals surface area contributed by atoms with Crippen LogP contribution in [-0.2, 0) is 9.53 Å². The van der Waals surface area contributed by atoms with Crippen molar-refractivity contribution in [2.75, 3.05) is 26.9 Å². The van der Waals surface area contributed by atoms with Crippen molar-refractivity contribution >= 4 is 40.7 Å². The highest BCUT2D eigenvalue weighted by Crippen LogP contribution is 2.25. The van der Waals surface area contributed by atoms with Crippen LogP contribution in [0.25, 0.3) is 0 Å². The quantitative estimate of drug-likeness (QED) is 0.313. The zero-order valence-corrected chi connectivity index (χ0v) is 19.0. The van der Waals surface area contributed by atoms with E-state index in [0.29, 0.717) is 35.3 Å². The van der Waals surface area contributed by atoms with Crippen LogP contribution in [0.2, 0.25) is 5.02 Å². The standard InChI is InChI=1S/C21H24ClN3O5S/c1-13-10-17(11-14(2)19(13)22)30-12-18(26)24-25-21(31)23-20(27)15-4-6-16(7-5-15)29-9-8-28-3/h4-7,10-11H,8-9,12H2,1-3H3,(H,24,26)(H2,23,25,27,31). The first-order valence-electron chi connectivity index (χ1n) is 9.31. The molecular weight excluding hydrogens is 442 g/mol. The maximum Gasteiger partial charge on any atom is 0.276 e. The maximum absolute atomic E-state index is 12.2. The fraction of sp³-hybridized carbons (Fsp3) is 0.286. The molecule has 2 amide bonds. The van der Waals surface area contributed by atoms with E-state index < -0.39 is 11.8 Å². The molecule has 166 valence electrons. The molecule has 0 radical (unpaired) electrons. The number of carbonyl (C=O) groups excluding carboxylic acids is 2. The van der Waals surface area contributed by atoms with E-state index >= 15 is 0 Å². The summed E-state index contributed by atoms with van der Waals surface area (Å²) in [5.41, 5.74) is 6.91. The van der Waals surface area contributed by atoms with Gasteiger partial charge in [-0.25, -0.2) is 0 Å². The number of benzene rings is 2. The topological polar surface area (TPSA) is 97.9 Å². The van der Waals surface area contributed by atoms with Crippen LogP contribution >= 0.6 is 23.8 Å². The molecule has 0 aliphatic carbocycles. The van der Waals surface area contributed by atoms with Gasteiger partial charge in [-0.2, -0.15) is 0 Å². The summed E-state index contributed by atoms with van der Waals surface area (Å²) >= 11 is 11.1. The second-order valence-electron chi connectivity index (χ2n) is 6.48. The third kappa shape index (κ3) is 8.05. The molecule has 0 aliphatic heterocycles. The molecule has 0 heterocycles. The number of aryl methyl sites for hydroxylation is 2. The number of rotatable bonds is 8. The van der Waals surface area contributed by atoms with Gasteiger partial charge in [-0.05, 0) is 73.6 Å². The Morgan fingerprint density at radius 2 is 1.61 bits per heavy atom. The third-order valence-electron chi connectivity index (χ3n) is 4.00. The van der Waals surface area contributed by atoms with Crippen LogP contribution in [-0.4, -0.2) is 43.9 Å². The summed E-state index contributed by atoms with van der Waals surface area (Å²) in [5, 5.41) is 3.07. The van der Waals surface area contributed by atoms with E-state index in [-0.39, 0.29) is 11.7 Å². The molecule has 31 heavy (non-hydrogen) atoms. The Morgan fingerprint density at radius 3 is 2.23 bits per heavy atom. The average molecular weight is 466 g/mol. The van der Waals surface area contributed by atoms with Gasteiger partial charge in [-0.3, -0.25) is 25.8 Å². The Labute approximate surface area is 191 Å². The monoisotopic (exact) mass is 465 g/mol. The Balaban J connectivity index is 1.74. The highest BCUT2D eigenvalue weighted by atomic mass is 35.5. The summed E-state index contributed by atoms with van der Waals surface area (Å²) in [6.07, 6.45) is 0. The zero-order valence-electron chi connectivity index (χ0n) is 17.4. The number of nitrogens with one attached hydrogen (secondary N) is 3. The molecule has 0 saturated heterocycles. The third-order valence-corrected chi connectivity index (χ3v) is 4.80. The van der Waals surface area contributed by atoms with Gasteiger partial charge < -0.3 is 14.2 Å². The van der Waals surface area contributed by atoms with Crippen molar-refractivity contribution in [2.24, 2.45) is 0 Å². The zero-order chi connectivity index (χ0) is 22.8. The predicted molar refractivity (Wildman–Crippen MR) is 122 cm³/mol. The Hall–Kier alpha value is -2.88. The fourth-order valence-electron chi connectivity index (χ4n) is 2.45. The highest BCUT2D eigenvalue weighted by Gasteiger charge is 2.10. The maximum atomic E-state index is 12.2. The van der Waals surface area contributed by atoms with Gasteiger partial charge in [0, 0.05) is 17.7 Å². The lowest BCUT2D eigenvalue weighted by Gasteiger charge is -2.12. The summed E-state index contributed by atoms with van der Waals surface area (Å²) in [6.45, 7) is 4.35. The molecule has 2 aromatic carbocycles. The number of amides is 2. The molecular formula is C21H24ClN3O5S. The van der Waals surface area contributed by atoms with Crippen LogP contribution < -0.4 is 25.6 Å². The smallest absolute Gasteiger partial charge is 0.276 e. The van der Waals surface area contributed by atoms with Crippen LogP contribution in [0.5, 0.6) is 11.5 Å². The first-order valence-corrected chi connectivity index (χ1v) is 10.1. The predicted octanol–water partition coefficient (Wildman–Crippen LogP) is 2.70. The van der Waals surface area contributed by atoms with Crippen molar-refractivity contribution in [3.63, 3.8) is 0 Å². The molecule has 8 nitrogen and oxygen atoms in total. The van der Waals surface area contributed by atoms with Gasteiger partial charge in [-0.15, -0.1) is 0 Å². The number of thiocarbonyl (C=S) groups is 1. The molecule has 0 aliphatic rings. The van der Waals surface area contributed by atoms with Gasteiger partial charge >= 0.3 is 0 Å². The lowest BCUT2D eigenvalue weighted by atomic mass is 10.1. The van der Waals surface area contributed by atoms with Crippen molar-refractivity contribution in [3.8, 4) is 11.5 Å². The molecule has 10 heteroatoms. The first-order chi connectivity index (χ1) is 14.8. The molecule has 0 aromatic heterocycles. The summed E-state index contributed by atoms with van der Waals surface area (Å²) in [7, 11) is 1.59. The van der Waals surface area contributed by atoms with E-state index in [0.717, 1.165) is 11.1 Å². The van der Waals surface area contributed by atoms with E-state index in [4.69, 9.17) is 38.0 Å². The lowest BCUT2D eigenvalue weighted by molar-refractivity contribution is -0.123. The molecule has 0 unspecified atom stereocenters. The minimum Gasteiger partial charge on any atom is -0.491 e. The van der Waals surface area contributed by atoms with Gasteiger partial charge in [0.1, 0.15) is 18.1 Å². The van der Waals surface area contributed by atoms with Crippen molar-refractivity contribution in [1.82, 2.24) is 16.2 Å². The van der Waals surface area contributed by atoms with Crippen molar-refractivity contribution < 1.29 is 23.8 Å². The van der Waals surface area contributed by atoms with Gasteiger partial charge in [0.05, 0.1) is 6.61 Å². The second-order valence-corrected chi connectivity index (χ2v) is 7.27. The van der Waals surface area contributed by atoms with Crippen LogP contribution in [0.1, 0.15) is 21.5 Å². The van der Waals surface area contributed by atoms with Crippen molar-refractivity contribution in [2.45, 2.75) is 13.8 Å². The largest absolute Gasteiger partial charge is 0.491 e.